The Kier molecular flexibility index (Phi) is 3.06. The van der Waals surface area contributed by atoms with Gasteiger partial charge < -0.3 is 5.11 Å². The molecule has 1 N–H and O–H groups in total. The van der Waals surface area contributed by atoms with Gasteiger partial charge in [-0.05, 0) is 31.5 Å². The molecular weight excluding hydrogens is 200 g/mol. The van der Waals surface area contributed by atoms with Gasteiger partial charge in [0.15, 0.2) is 0 Å². The van der Waals surface area contributed by atoms with E-state index in [9.17, 15) is 5.11 Å². The molecule has 0 unspecified atom stereocenters. The molecular formula is C13H16N2O. The first-order valence-electron chi connectivity index (χ1n) is 5.45. The molecule has 84 valence electrons. The van der Waals surface area contributed by atoms with Crippen LogP contribution in [0, 0.1) is 6.92 Å². The minimum atomic E-state index is -0.349. The van der Waals surface area contributed by atoms with Crippen molar-refractivity contribution in [3.05, 3.63) is 47.8 Å². The van der Waals surface area contributed by atoms with E-state index in [1.54, 1.807) is 6.92 Å². The predicted octanol–water partition coefficient (Wildman–Crippen LogP) is 2.10. The predicted molar refractivity (Wildman–Crippen MR) is 63.7 cm³/mol. The lowest BCUT2D eigenvalue weighted by atomic mass is 10.1. The maximum Gasteiger partial charge on any atom is 0.0683 e. The molecule has 0 saturated heterocycles. The zero-order chi connectivity index (χ0) is 11.5. The molecule has 0 fully saturated rings. The minimum absolute atomic E-state index is 0.349. The lowest BCUT2D eigenvalue weighted by molar-refractivity contribution is 0.194. The van der Waals surface area contributed by atoms with Crippen LogP contribution in [0.15, 0.2) is 36.5 Å². The van der Waals surface area contributed by atoms with Crippen LogP contribution in [0.5, 0.6) is 0 Å². The smallest absolute Gasteiger partial charge is 0.0683 e. The van der Waals surface area contributed by atoms with E-state index < -0.39 is 0 Å². The SMILES string of the molecule is Cc1cn(-c2ccccc2)nc1C[C@H](C)O. The molecule has 0 spiro atoms. The number of nitrogens with zero attached hydrogens (tertiary/aromatic N) is 2. The third-order valence-corrected chi connectivity index (χ3v) is 2.51. The second-order valence-electron chi connectivity index (χ2n) is 4.09. The van der Waals surface area contributed by atoms with E-state index in [4.69, 9.17) is 0 Å². The third-order valence-electron chi connectivity index (χ3n) is 2.51. The van der Waals surface area contributed by atoms with Crippen LogP contribution in [-0.2, 0) is 6.42 Å². The Bertz CT molecular complexity index is 460. The second-order valence-corrected chi connectivity index (χ2v) is 4.09. The summed E-state index contributed by atoms with van der Waals surface area (Å²) in [5.41, 5.74) is 3.12. The van der Waals surface area contributed by atoms with E-state index in [1.807, 2.05) is 48.1 Å². The summed E-state index contributed by atoms with van der Waals surface area (Å²) in [4.78, 5) is 0. The fourth-order valence-electron chi connectivity index (χ4n) is 1.69. The molecule has 0 bridgehead atoms. The molecule has 1 atom stereocenters. The molecule has 0 aliphatic carbocycles. The maximum absolute atomic E-state index is 9.36. The first-order valence-corrected chi connectivity index (χ1v) is 5.45. The molecule has 0 radical (unpaired) electrons. The lowest BCUT2D eigenvalue weighted by Gasteiger charge is -2.01. The van der Waals surface area contributed by atoms with Crippen molar-refractivity contribution in [1.82, 2.24) is 9.78 Å². The van der Waals surface area contributed by atoms with Gasteiger partial charge in [0.05, 0.1) is 17.5 Å². The van der Waals surface area contributed by atoms with Crippen LogP contribution in [0.25, 0.3) is 5.69 Å². The van der Waals surface area contributed by atoms with Crippen molar-refractivity contribution in [2.24, 2.45) is 0 Å². The van der Waals surface area contributed by atoms with Crippen molar-refractivity contribution in [3.8, 4) is 5.69 Å². The molecule has 3 nitrogen and oxygen atoms in total. The molecule has 1 aromatic carbocycles. The van der Waals surface area contributed by atoms with Crippen LogP contribution in [0.2, 0.25) is 0 Å². The van der Waals surface area contributed by atoms with E-state index in [-0.39, 0.29) is 6.10 Å². The van der Waals surface area contributed by atoms with Crippen molar-refractivity contribution >= 4 is 0 Å². The summed E-state index contributed by atoms with van der Waals surface area (Å²) in [7, 11) is 0. The molecule has 1 heterocycles. The van der Waals surface area contributed by atoms with Crippen LogP contribution < -0.4 is 0 Å². The highest BCUT2D eigenvalue weighted by molar-refractivity contribution is 5.32. The van der Waals surface area contributed by atoms with Gasteiger partial charge in [0, 0.05) is 12.6 Å². The number of hydrogen-bond donors (Lipinski definition) is 1. The highest BCUT2D eigenvalue weighted by atomic mass is 16.3. The van der Waals surface area contributed by atoms with Crippen LogP contribution in [0.3, 0.4) is 0 Å². The quantitative estimate of drug-likeness (QED) is 0.853. The second kappa shape index (κ2) is 4.49. The highest BCUT2D eigenvalue weighted by Crippen LogP contribution is 2.12. The van der Waals surface area contributed by atoms with Gasteiger partial charge in [-0.3, -0.25) is 0 Å². The molecule has 16 heavy (non-hydrogen) atoms. The molecule has 0 saturated carbocycles. The van der Waals surface area contributed by atoms with Gasteiger partial charge in [0.25, 0.3) is 0 Å². The monoisotopic (exact) mass is 216 g/mol. The van der Waals surface area contributed by atoms with Crippen molar-refractivity contribution < 1.29 is 5.11 Å². The van der Waals surface area contributed by atoms with E-state index >= 15 is 0 Å². The maximum atomic E-state index is 9.36. The van der Waals surface area contributed by atoms with Gasteiger partial charge in [0.2, 0.25) is 0 Å². The first kappa shape index (κ1) is 10.9. The lowest BCUT2D eigenvalue weighted by Crippen LogP contribution is -2.06. The first-order chi connectivity index (χ1) is 7.66. The number of aryl methyl sites for hydroxylation is 1. The molecule has 0 aliphatic rings. The van der Waals surface area contributed by atoms with Crippen LogP contribution in [-0.4, -0.2) is 21.0 Å². The van der Waals surface area contributed by atoms with Crippen LogP contribution in [0.1, 0.15) is 18.2 Å². The van der Waals surface area contributed by atoms with E-state index in [0.717, 1.165) is 16.9 Å². The Balaban J connectivity index is 2.31. The Morgan fingerprint density at radius 3 is 2.62 bits per heavy atom. The Labute approximate surface area is 95.3 Å². The summed E-state index contributed by atoms with van der Waals surface area (Å²) in [5, 5.41) is 13.8. The fraction of sp³-hybridized carbons (Fsp3) is 0.308. The molecule has 0 aliphatic heterocycles. The Morgan fingerprint density at radius 1 is 1.31 bits per heavy atom. The van der Waals surface area contributed by atoms with Crippen molar-refractivity contribution in [2.45, 2.75) is 26.4 Å². The van der Waals surface area contributed by atoms with Crippen molar-refractivity contribution in [2.75, 3.05) is 0 Å². The average Bonchev–Trinajstić information content (AvgIpc) is 2.61. The summed E-state index contributed by atoms with van der Waals surface area (Å²) in [6.45, 7) is 3.80. The summed E-state index contributed by atoms with van der Waals surface area (Å²) in [6, 6.07) is 9.98. The average molecular weight is 216 g/mol. The van der Waals surface area contributed by atoms with Gasteiger partial charge in [-0.15, -0.1) is 0 Å². The Morgan fingerprint density at radius 2 is 2.00 bits per heavy atom. The van der Waals surface area contributed by atoms with Crippen LogP contribution in [0.4, 0.5) is 0 Å². The number of aliphatic hydroxyl groups is 1. The largest absolute Gasteiger partial charge is 0.393 e. The Hall–Kier alpha value is -1.61. The summed E-state index contributed by atoms with van der Waals surface area (Å²) >= 11 is 0. The number of rotatable bonds is 3. The summed E-state index contributed by atoms with van der Waals surface area (Å²) < 4.78 is 1.85. The molecule has 3 heteroatoms. The van der Waals surface area contributed by atoms with Gasteiger partial charge in [-0.2, -0.15) is 5.10 Å². The number of para-hydroxylation sites is 1. The molecule has 1 aromatic heterocycles. The van der Waals surface area contributed by atoms with Crippen molar-refractivity contribution in [1.29, 1.82) is 0 Å². The molecule has 2 aromatic rings. The normalized spacial score (nSPS) is 12.7. The molecule has 2 rings (SSSR count). The summed E-state index contributed by atoms with van der Waals surface area (Å²) in [5.74, 6) is 0. The van der Waals surface area contributed by atoms with Gasteiger partial charge >= 0.3 is 0 Å². The van der Waals surface area contributed by atoms with Gasteiger partial charge in [-0.25, -0.2) is 4.68 Å². The van der Waals surface area contributed by atoms with E-state index in [0.29, 0.717) is 6.42 Å². The number of hydrogen-bond acceptors (Lipinski definition) is 2. The van der Waals surface area contributed by atoms with Gasteiger partial charge in [-0.1, -0.05) is 18.2 Å². The zero-order valence-electron chi connectivity index (χ0n) is 9.59. The van der Waals surface area contributed by atoms with E-state index in [1.165, 1.54) is 0 Å². The minimum Gasteiger partial charge on any atom is -0.393 e. The number of benzene rings is 1. The van der Waals surface area contributed by atoms with Crippen molar-refractivity contribution in [3.63, 3.8) is 0 Å². The topological polar surface area (TPSA) is 38.0 Å². The number of aromatic nitrogens is 2. The zero-order valence-corrected chi connectivity index (χ0v) is 9.59. The van der Waals surface area contributed by atoms with Crippen LogP contribution >= 0.6 is 0 Å². The molecule has 0 amide bonds. The van der Waals surface area contributed by atoms with Gasteiger partial charge in [0.1, 0.15) is 0 Å². The highest BCUT2D eigenvalue weighted by Gasteiger charge is 2.08. The van der Waals surface area contributed by atoms with E-state index in [2.05, 4.69) is 5.10 Å². The third kappa shape index (κ3) is 2.31. The number of aliphatic hydroxyl groups excluding tert-OH is 1. The summed E-state index contributed by atoms with van der Waals surface area (Å²) in [6.07, 6.45) is 2.25. The fourth-order valence-corrected chi connectivity index (χ4v) is 1.69. The standard InChI is InChI=1S/C13H16N2O/c1-10-9-15(12-6-4-3-5-7-12)14-13(10)8-11(2)16/h3-7,9,11,16H,8H2,1-2H3/t11-/m0/s1.